The van der Waals surface area contributed by atoms with E-state index in [-0.39, 0.29) is 17.7 Å². The summed E-state index contributed by atoms with van der Waals surface area (Å²) in [5, 5.41) is 13.0. The maximum absolute atomic E-state index is 12.1. The van der Waals surface area contributed by atoms with E-state index in [0.717, 1.165) is 0 Å². The highest BCUT2D eigenvalue weighted by Gasteiger charge is 2.47. The van der Waals surface area contributed by atoms with Crippen LogP contribution in [-0.4, -0.2) is 35.7 Å². The Morgan fingerprint density at radius 1 is 1.21 bits per heavy atom. The average Bonchev–Trinajstić information content (AvgIpc) is 2.24. The lowest BCUT2D eigenvalue weighted by Gasteiger charge is -2.37. The molecule has 0 radical (unpaired) electrons. The molecule has 0 saturated carbocycles. The summed E-state index contributed by atoms with van der Waals surface area (Å²) in [7, 11) is 1.27. The monoisotopic (exact) mass is 273 g/mol. The Labute approximate surface area is 115 Å². The van der Waals surface area contributed by atoms with Crippen LogP contribution in [-0.2, 0) is 14.3 Å². The van der Waals surface area contributed by atoms with Crippen LogP contribution in [0.4, 0.5) is 0 Å². The van der Waals surface area contributed by atoms with Crippen molar-refractivity contribution in [3.8, 4) is 0 Å². The maximum atomic E-state index is 12.1. The van der Waals surface area contributed by atoms with Gasteiger partial charge in [0.25, 0.3) is 0 Å². The molecule has 112 valence electrons. The van der Waals surface area contributed by atoms with E-state index in [9.17, 15) is 14.7 Å². The van der Waals surface area contributed by atoms with Gasteiger partial charge in [0.1, 0.15) is 0 Å². The number of carbonyl (C=O) groups excluding carboxylic acids is 2. The third-order valence-corrected chi connectivity index (χ3v) is 2.94. The molecule has 5 nitrogen and oxygen atoms in total. The van der Waals surface area contributed by atoms with Gasteiger partial charge in [0.05, 0.1) is 13.2 Å². The van der Waals surface area contributed by atoms with E-state index in [0.29, 0.717) is 12.8 Å². The van der Waals surface area contributed by atoms with E-state index in [1.165, 1.54) is 14.0 Å². The van der Waals surface area contributed by atoms with E-state index < -0.39 is 17.6 Å². The van der Waals surface area contributed by atoms with Gasteiger partial charge in [-0.25, -0.2) is 4.79 Å². The number of hydrogen-bond acceptors (Lipinski definition) is 4. The smallest absolute Gasteiger partial charge is 0.334 e. The van der Waals surface area contributed by atoms with Crippen LogP contribution in [0.3, 0.4) is 0 Å². The first kappa shape index (κ1) is 17.9. The van der Waals surface area contributed by atoms with Gasteiger partial charge in [0.15, 0.2) is 5.54 Å². The molecule has 2 atom stereocenters. The van der Waals surface area contributed by atoms with Crippen molar-refractivity contribution in [3.05, 3.63) is 0 Å². The number of esters is 1. The van der Waals surface area contributed by atoms with Gasteiger partial charge in [0.2, 0.25) is 5.91 Å². The van der Waals surface area contributed by atoms with Crippen molar-refractivity contribution >= 4 is 11.9 Å². The minimum Gasteiger partial charge on any atom is -0.467 e. The van der Waals surface area contributed by atoms with Crippen molar-refractivity contribution in [2.75, 3.05) is 7.11 Å². The maximum Gasteiger partial charge on any atom is 0.334 e. The second-order valence-corrected chi connectivity index (χ2v) is 5.89. The molecule has 1 amide bonds. The normalized spacial score (nSPS) is 16.1. The lowest BCUT2D eigenvalue weighted by atomic mass is 9.80. The number of aliphatic hydroxyl groups is 1. The van der Waals surface area contributed by atoms with Crippen LogP contribution in [0.2, 0.25) is 0 Å². The third-order valence-electron chi connectivity index (χ3n) is 2.94. The number of nitrogens with one attached hydrogen (secondary N) is 1. The van der Waals surface area contributed by atoms with Crippen LogP contribution in [0.15, 0.2) is 0 Å². The molecule has 0 aliphatic rings. The molecule has 0 aromatic rings. The minimum absolute atomic E-state index is 0.132. The lowest BCUT2D eigenvalue weighted by Crippen LogP contribution is -2.63. The van der Waals surface area contributed by atoms with Gasteiger partial charge in [-0.05, 0) is 24.7 Å². The molecule has 5 heteroatoms. The standard InChI is InChI=1S/C14H27NO4/c1-9(2)7-12(17)14(8-10(3)4,13(18)19-6)15-11(5)16/h9-10,12,17H,7-8H2,1-6H3,(H,15,16)/t12-,14-/m0/s1. The molecule has 0 aromatic carbocycles. The summed E-state index contributed by atoms with van der Waals surface area (Å²) in [6, 6.07) is 0. The molecule has 19 heavy (non-hydrogen) atoms. The van der Waals surface area contributed by atoms with Crippen LogP contribution in [0.1, 0.15) is 47.5 Å². The molecule has 0 aliphatic carbocycles. The first-order valence-electron chi connectivity index (χ1n) is 6.71. The van der Waals surface area contributed by atoms with Crippen LogP contribution in [0.5, 0.6) is 0 Å². The Morgan fingerprint density at radius 3 is 2.05 bits per heavy atom. The molecule has 0 unspecified atom stereocenters. The van der Waals surface area contributed by atoms with Gasteiger partial charge in [-0.2, -0.15) is 0 Å². The number of ether oxygens (including phenoxy) is 1. The second-order valence-electron chi connectivity index (χ2n) is 5.89. The molecule has 0 heterocycles. The zero-order valence-corrected chi connectivity index (χ0v) is 12.8. The zero-order chi connectivity index (χ0) is 15.2. The number of carbonyl (C=O) groups is 2. The van der Waals surface area contributed by atoms with Crippen molar-refractivity contribution in [2.24, 2.45) is 11.8 Å². The Kier molecular flexibility index (Phi) is 7.05. The minimum atomic E-state index is -1.36. The van der Waals surface area contributed by atoms with E-state index in [2.05, 4.69) is 5.32 Å². The quantitative estimate of drug-likeness (QED) is 0.689. The SMILES string of the molecule is COC(=O)[C@@](CC(C)C)(NC(C)=O)[C@@H](O)CC(C)C. The van der Waals surface area contributed by atoms with Crippen LogP contribution < -0.4 is 5.32 Å². The molecule has 0 aromatic heterocycles. The fraction of sp³-hybridized carbons (Fsp3) is 0.857. The first-order valence-corrected chi connectivity index (χ1v) is 6.71. The molecule has 0 rings (SSSR count). The highest BCUT2D eigenvalue weighted by molar-refractivity contribution is 5.87. The van der Waals surface area contributed by atoms with Crippen LogP contribution in [0, 0.1) is 11.8 Å². The molecule has 2 N–H and O–H groups in total. The fourth-order valence-electron chi connectivity index (χ4n) is 2.33. The van der Waals surface area contributed by atoms with E-state index in [1.807, 2.05) is 27.7 Å². The summed E-state index contributed by atoms with van der Waals surface area (Å²) >= 11 is 0. The summed E-state index contributed by atoms with van der Waals surface area (Å²) < 4.78 is 4.81. The summed E-state index contributed by atoms with van der Waals surface area (Å²) in [6.07, 6.45) is -0.207. The Balaban J connectivity index is 5.45. The fourth-order valence-corrected chi connectivity index (χ4v) is 2.33. The van der Waals surface area contributed by atoms with Gasteiger partial charge in [-0.15, -0.1) is 0 Å². The summed E-state index contributed by atoms with van der Waals surface area (Å²) in [6.45, 7) is 9.10. The first-order chi connectivity index (χ1) is 8.65. The van der Waals surface area contributed by atoms with Gasteiger partial charge in [-0.3, -0.25) is 4.79 Å². The Bertz CT molecular complexity index is 315. The summed E-state index contributed by atoms with van der Waals surface area (Å²) in [5.74, 6) is -0.605. The molecule has 0 saturated heterocycles. The van der Waals surface area contributed by atoms with Crippen molar-refractivity contribution in [1.82, 2.24) is 5.32 Å². The Morgan fingerprint density at radius 2 is 1.74 bits per heavy atom. The van der Waals surface area contributed by atoms with E-state index >= 15 is 0 Å². The van der Waals surface area contributed by atoms with Crippen LogP contribution >= 0.6 is 0 Å². The van der Waals surface area contributed by atoms with E-state index in [1.54, 1.807) is 0 Å². The number of methoxy groups -OCH3 is 1. The van der Waals surface area contributed by atoms with Gasteiger partial charge in [-0.1, -0.05) is 27.7 Å². The van der Waals surface area contributed by atoms with Crippen molar-refractivity contribution in [2.45, 2.75) is 59.1 Å². The summed E-state index contributed by atoms with van der Waals surface area (Å²) in [4.78, 5) is 23.6. The molecule has 0 bridgehead atoms. The predicted octanol–water partition coefficient (Wildman–Crippen LogP) is 1.49. The Hall–Kier alpha value is -1.10. The number of amides is 1. The van der Waals surface area contributed by atoms with E-state index in [4.69, 9.17) is 4.74 Å². The molecule has 0 aliphatic heterocycles. The highest BCUT2D eigenvalue weighted by atomic mass is 16.5. The largest absolute Gasteiger partial charge is 0.467 e. The van der Waals surface area contributed by atoms with Crippen molar-refractivity contribution in [1.29, 1.82) is 0 Å². The number of aliphatic hydroxyl groups excluding tert-OH is 1. The number of rotatable bonds is 7. The molecular formula is C14H27NO4. The molecular weight excluding hydrogens is 246 g/mol. The average molecular weight is 273 g/mol. The summed E-state index contributed by atoms with van der Waals surface area (Å²) in [5.41, 5.74) is -1.36. The molecule has 0 spiro atoms. The topological polar surface area (TPSA) is 75.6 Å². The lowest BCUT2D eigenvalue weighted by molar-refractivity contribution is -0.158. The number of hydrogen-bond donors (Lipinski definition) is 2. The van der Waals surface area contributed by atoms with Crippen LogP contribution in [0.25, 0.3) is 0 Å². The van der Waals surface area contributed by atoms with Gasteiger partial charge < -0.3 is 15.2 Å². The second kappa shape index (κ2) is 7.48. The van der Waals surface area contributed by atoms with Crippen molar-refractivity contribution < 1.29 is 19.4 Å². The molecule has 0 fully saturated rings. The predicted molar refractivity (Wildman–Crippen MR) is 73.5 cm³/mol. The van der Waals surface area contributed by atoms with Crippen molar-refractivity contribution in [3.63, 3.8) is 0 Å². The zero-order valence-electron chi connectivity index (χ0n) is 12.8. The van der Waals surface area contributed by atoms with Gasteiger partial charge in [0, 0.05) is 6.92 Å². The third kappa shape index (κ3) is 5.19. The highest BCUT2D eigenvalue weighted by Crippen LogP contribution is 2.27. The van der Waals surface area contributed by atoms with Gasteiger partial charge >= 0.3 is 5.97 Å².